The van der Waals surface area contributed by atoms with Crippen molar-refractivity contribution in [3.63, 3.8) is 0 Å². The topological polar surface area (TPSA) is 41.5 Å². The van der Waals surface area contributed by atoms with Crippen molar-refractivity contribution < 1.29 is 9.84 Å². The zero-order chi connectivity index (χ0) is 13.0. The highest BCUT2D eigenvalue weighted by atomic mass is 35.5. The second kappa shape index (κ2) is 6.24. The molecule has 0 amide bonds. The normalized spacial score (nSPS) is 12.9. The van der Waals surface area contributed by atoms with Crippen molar-refractivity contribution in [3.8, 4) is 5.75 Å². The van der Waals surface area contributed by atoms with Crippen molar-refractivity contribution in [2.75, 3.05) is 13.7 Å². The first-order valence-electron chi connectivity index (χ1n) is 5.70. The van der Waals surface area contributed by atoms with Gasteiger partial charge in [-0.3, -0.25) is 0 Å². The van der Waals surface area contributed by atoms with Gasteiger partial charge in [-0.1, -0.05) is 25.4 Å². The number of benzene rings is 1. The molecule has 0 spiro atoms. The molecule has 0 aliphatic carbocycles. The van der Waals surface area contributed by atoms with Crippen LogP contribution in [0.1, 0.15) is 31.0 Å². The number of aliphatic hydroxyl groups excluding tert-OH is 1. The lowest BCUT2D eigenvalue weighted by Crippen LogP contribution is -2.30. The molecule has 1 aromatic carbocycles. The Hall–Kier alpha value is -0.770. The molecule has 0 bridgehead atoms. The average Bonchev–Trinajstić information content (AvgIpc) is 2.24. The minimum atomic E-state index is -0.164. The maximum atomic E-state index is 9.47. The van der Waals surface area contributed by atoms with Crippen molar-refractivity contribution >= 4 is 11.6 Å². The summed E-state index contributed by atoms with van der Waals surface area (Å²) in [4.78, 5) is 0. The number of halogens is 1. The van der Waals surface area contributed by atoms with Gasteiger partial charge in [-0.05, 0) is 24.6 Å². The first-order valence-corrected chi connectivity index (χ1v) is 6.08. The number of aliphatic hydroxyl groups is 1. The van der Waals surface area contributed by atoms with Crippen LogP contribution >= 0.6 is 11.6 Å². The van der Waals surface area contributed by atoms with E-state index in [4.69, 9.17) is 16.3 Å². The lowest BCUT2D eigenvalue weighted by molar-refractivity contribution is 0.234. The standard InChI is InChI=1S/C13H20ClNO2/c1-8(2)15-12(7-16)11-6-10(14)5-9(3)13(11)17-4/h5-6,8,12,15-16H,7H2,1-4H3. The van der Waals surface area contributed by atoms with Gasteiger partial charge in [-0.2, -0.15) is 0 Å². The molecular formula is C13H20ClNO2. The summed E-state index contributed by atoms with van der Waals surface area (Å²) < 4.78 is 5.39. The van der Waals surface area contributed by atoms with Gasteiger partial charge in [-0.15, -0.1) is 0 Å². The minimum Gasteiger partial charge on any atom is -0.496 e. The second-order valence-corrected chi connectivity index (χ2v) is 4.84. The molecule has 4 heteroatoms. The smallest absolute Gasteiger partial charge is 0.126 e. The summed E-state index contributed by atoms with van der Waals surface area (Å²) >= 11 is 6.05. The maximum absolute atomic E-state index is 9.47. The lowest BCUT2D eigenvalue weighted by Gasteiger charge is -2.23. The Bertz CT molecular complexity index is 380. The van der Waals surface area contributed by atoms with E-state index in [0.29, 0.717) is 5.02 Å². The summed E-state index contributed by atoms with van der Waals surface area (Å²) in [5, 5.41) is 13.4. The van der Waals surface area contributed by atoms with Gasteiger partial charge >= 0.3 is 0 Å². The van der Waals surface area contributed by atoms with Crippen LogP contribution in [0.4, 0.5) is 0 Å². The maximum Gasteiger partial charge on any atom is 0.126 e. The number of methoxy groups -OCH3 is 1. The van der Waals surface area contributed by atoms with Gasteiger partial charge in [0.05, 0.1) is 19.8 Å². The molecule has 17 heavy (non-hydrogen) atoms. The Labute approximate surface area is 108 Å². The predicted molar refractivity (Wildman–Crippen MR) is 70.8 cm³/mol. The molecule has 0 aliphatic heterocycles. The SMILES string of the molecule is COc1c(C)cc(Cl)cc1C(CO)NC(C)C. The number of nitrogens with one attached hydrogen (secondary N) is 1. The van der Waals surface area contributed by atoms with Gasteiger partial charge in [0.25, 0.3) is 0 Å². The van der Waals surface area contributed by atoms with Crippen molar-refractivity contribution in [2.45, 2.75) is 32.9 Å². The van der Waals surface area contributed by atoms with Crippen molar-refractivity contribution in [3.05, 3.63) is 28.3 Å². The molecule has 1 unspecified atom stereocenters. The van der Waals surface area contributed by atoms with Gasteiger partial charge in [0, 0.05) is 16.6 Å². The summed E-state index contributed by atoms with van der Waals surface area (Å²) in [7, 11) is 1.63. The van der Waals surface area contributed by atoms with Crippen molar-refractivity contribution in [1.82, 2.24) is 5.32 Å². The molecule has 96 valence electrons. The monoisotopic (exact) mass is 257 g/mol. The number of aryl methyl sites for hydroxylation is 1. The summed E-state index contributed by atoms with van der Waals surface area (Å²) in [6.07, 6.45) is 0. The summed E-state index contributed by atoms with van der Waals surface area (Å²) in [5.41, 5.74) is 1.87. The van der Waals surface area contributed by atoms with E-state index in [1.54, 1.807) is 7.11 Å². The molecular weight excluding hydrogens is 238 g/mol. The van der Waals surface area contributed by atoms with Crippen LogP contribution in [0, 0.1) is 6.92 Å². The molecule has 0 aliphatic rings. The van der Waals surface area contributed by atoms with Crippen LogP contribution in [0.15, 0.2) is 12.1 Å². The fraction of sp³-hybridized carbons (Fsp3) is 0.538. The number of ether oxygens (including phenoxy) is 1. The van der Waals surface area contributed by atoms with Crippen molar-refractivity contribution in [2.24, 2.45) is 0 Å². The van der Waals surface area contributed by atoms with Gasteiger partial charge in [-0.25, -0.2) is 0 Å². The highest BCUT2D eigenvalue weighted by Gasteiger charge is 2.18. The zero-order valence-corrected chi connectivity index (χ0v) is 11.5. The Kier molecular flexibility index (Phi) is 5.25. The van der Waals surface area contributed by atoms with Crippen molar-refractivity contribution in [1.29, 1.82) is 0 Å². The van der Waals surface area contributed by atoms with E-state index in [2.05, 4.69) is 5.32 Å². The Morgan fingerprint density at radius 3 is 2.53 bits per heavy atom. The summed E-state index contributed by atoms with van der Waals surface area (Å²) in [6, 6.07) is 3.80. The third-order valence-electron chi connectivity index (χ3n) is 2.56. The third kappa shape index (κ3) is 3.60. The molecule has 1 aromatic rings. The van der Waals surface area contributed by atoms with E-state index in [1.165, 1.54) is 0 Å². The van der Waals surface area contributed by atoms with E-state index in [1.807, 2.05) is 32.9 Å². The highest BCUT2D eigenvalue weighted by molar-refractivity contribution is 6.30. The Morgan fingerprint density at radius 2 is 2.06 bits per heavy atom. The fourth-order valence-electron chi connectivity index (χ4n) is 1.94. The number of hydrogen-bond donors (Lipinski definition) is 2. The zero-order valence-electron chi connectivity index (χ0n) is 10.7. The van der Waals surface area contributed by atoms with Crippen LogP contribution < -0.4 is 10.1 Å². The number of hydrogen-bond acceptors (Lipinski definition) is 3. The molecule has 0 radical (unpaired) electrons. The van der Waals surface area contributed by atoms with Gasteiger partial charge in [0.15, 0.2) is 0 Å². The predicted octanol–water partition coefficient (Wildman–Crippen LogP) is 2.69. The molecule has 0 aromatic heterocycles. The van der Waals surface area contributed by atoms with Gasteiger partial charge in [0.1, 0.15) is 5.75 Å². The van der Waals surface area contributed by atoms with Crippen LogP contribution in [-0.2, 0) is 0 Å². The van der Waals surface area contributed by atoms with Crippen LogP contribution in [0.25, 0.3) is 0 Å². The largest absolute Gasteiger partial charge is 0.496 e. The Morgan fingerprint density at radius 1 is 1.41 bits per heavy atom. The van der Waals surface area contributed by atoms with Gasteiger partial charge in [0.2, 0.25) is 0 Å². The molecule has 0 heterocycles. The van der Waals surface area contributed by atoms with Crippen LogP contribution in [0.5, 0.6) is 5.75 Å². The first-order chi connectivity index (χ1) is 7.99. The first kappa shape index (κ1) is 14.3. The molecule has 0 fully saturated rings. The lowest BCUT2D eigenvalue weighted by atomic mass is 10.0. The van der Waals surface area contributed by atoms with Crippen LogP contribution in [-0.4, -0.2) is 24.9 Å². The summed E-state index contributed by atoms with van der Waals surface area (Å²) in [5.74, 6) is 0.779. The Balaban J connectivity index is 3.16. The van der Waals surface area contributed by atoms with Gasteiger partial charge < -0.3 is 15.2 Å². The minimum absolute atomic E-state index is 0.00826. The van der Waals surface area contributed by atoms with E-state index in [0.717, 1.165) is 16.9 Å². The highest BCUT2D eigenvalue weighted by Crippen LogP contribution is 2.32. The molecule has 1 atom stereocenters. The number of rotatable bonds is 5. The fourth-order valence-corrected chi connectivity index (χ4v) is 2.22. The molecule has 3 nitrogen and oxygen atoms in total. The van der Waals surface area contributed by atoms with E-state index < -0.39 is 0 Å². The van der Waals surface area contributed by atoms with Crippen LogP contribution in [0.2, 0.25) is 5.02 Å². The molecule has 2 N–H and O–H groups in total. The molecule has 0 saturated heterocycles. The quantitative estimate of drug-likeness (QED) is 0.852. The van der Waals surface area contributed by atoms with E-state index >= 15 is 0 Å². The van der Waals surface area contributed by atoms with Crippen LogP contribution in [0.3, 0.4) is 0 Å². The third-order valence-corrected chi connectivity index (χ3v) is 2.78. The average molecular weight is 258 g/mol. The molecule has 0 saturated carbocycles. The van der Waals surface area contributed by atoms with E-state index in [9.17, 15) is 5.11 Å². The summed E-state index contributed by atoms with van der Waals surface area (Å²) in [6.45, 7) is 6.02. The molecule has 1 rings (SSSR count). The van der Waals surface area contributed by atoms with E-state index in [-0.39, 0.29) is 18.7 Å². The second-order valence-electron chi connectivity index (χ2n) is 4.40.